The number of amides is 1. The lowest BCUT2D eigenvalue weighted by Gasteiger charge is -2.31. The van der Waals surface area contributed by atoms with E-state index in [0.29, 0.717) is 37.1 Å². The number of carboxylic acid groups (broad SMARTS) is 1. The highest BCUT2D eigenvalue weighted by atomic mass is 16.6. The number of benzene rings is 2. The van der Waals surface area contributed by atoms with Gasteiger partial charge in [-0.3, -0.25) is 4.98 Å². The number of aromatic nitrogens is 1. The van der Waals surface area contributed by atoms with Gasteiger partial charge in [-0.05, 0) is 61.2 Å². The first-order chi connectivity index (χ1) is 14.6. The summed E-state index contributed by atoms with van der Waals surface area (Å²) in [6, 6.07) is 15.6. The Morgan fingerprint density at radius 2 is 1.77 bits per heavy atom. The molecule has 2 aromatic carbocycles. The van der Waals surface area contributed by atoms with Gasteiger partial charge in [0.2, 0.25) is 0 Å². The van der Waals surface area contributed by atoms with Crippen molar-refractivity contribution in [2.75, 3.05) is 19.7 Å². The average molecular weight is 406 g/mol. The van der Waals surface area contributed by atoms with Crippen LogP contribution in [-0.4, -0.2) is 46.7 Å². The second-order valence-corrected chi connectivity index (χ2v) is 7.30. The maximum absolute atomic E-state index is 12.5. The maximum atomic E-state index is 12.5. The number of hydrogen-bond donors (Lipinski definition) is 1. The van der Waals surface area contributed by atoms with E-state index in [1.165, 1.54) is 12.1 Å². The van der Waals surface area contributed by atoms with Gasteiger partial charge >= 0.3 is 12.1 Å². The number of fused-ring (bicyclic) bond motifs is 1. The molecule has 0 aliphatic carbocycles. The Labute approximate surface area is 173 Å². The van der Waals surface area contributed by atoms with Crippen LogP contribution in [0, 0.1) is 5.92 Å². The lowest BCUT2D eigenvalue weighted by atomic mass is 9.98. The molecule has 0 atom stereocenters. The molecule has 1 amide bonds. The molecular weight excluding hydrogens is 384 g/mol. The molecule has 1 aliphatic heterocycles. The standard InChI is InChI=1S/C23H22N2O5/c26-22(27)18-4-6-19(7-5-18)29-15-16-9-12-25(13-10-16)23(28)30-20-8-3-17-2-1-11-24-21(17)14-20/h1-8,11,14,16H,9-10,12-13,15H2,(H,26,27). The topological polar surface area (TPSA) is 89.0 Å². The molecule has 154 valence electrons. The van der Waals surface area contributed by atoms with Gasteiger partial charge in [-0.1, -0.05) is 6.07 Å². The number of nitrogens with zero attached hydrogens (tertiary/aromatic N) is 2. The van der Waals surface area contributed by atoms with Crippen LogP contribution >= 0.6 is 0 Å². The van der Waals surface area contributed by atoms with E-state index >= 15 is 0 Å². The van der Waals surface area contributed by atoms with Crippen molar-refractivity contribution in [1.29, 1.82) is 0 Å². The third-order valence-electron chi connectivity index (χ3n) is 5.24. The third kappa shape index (κ3) is 4.68. The fourth-order valence-electron chi connectivity index (χ4n) is 3.47. The Bertz CT molecular complexity index is 1040. The Hall–Kier alpha value is -3.61. The molecule has 1 aliphatic rings. The molecule has 1 saturated heterocycles. The number of carbonyl (C=O) groups excluding carboxylic acids is 1. The Kier molecular flexibility index (Phi) is 5.79. The van der Waals surface area contributed by atoms with Crippen LogP contribution in [-0.2, 0) is 0 Å². The lowest BCUT2D eigenvalue weighted by molar-refractivity contribution is 0.0696. The summed E-state index contributed by atoms with van der Waals surface area (Å²) >= 11 is 0. The molecule has 1 N–H and O–H groups in total. The van der Waals surface area contributed by atoms with E-state index < -0.39 is 5.97 Å². The monoisotopic (exact) mass is 406 g/mol. The zero-order chi connectivity index (χ0) is 20.9. The first kappa shape index (κ1) is 19.7. The van der Waals surface area contributed by atoms with E-state index in [9.17, 15) is 9.59 Å². The van der Waals surface area contributed by atoms with Crippen molar-refractivity contribution in [2.24, 2.45) is 5.92 Å². The highest BCUT2D eigenvalue weighted by Crippen LogP contribution is 2.23. The van der Waals surface area contributed by atoms with Crippen molar-refractivity contribution < 1.29 is 24.2 Å². The molecule has 0 radical (unpaired) electrons. The lowest BCUT2D eigenvalue weighted by Crippen LogP contribution is -2.41. The van der Waals surface area contributed by atoms with Crippen LogP contribution in [0.15, 0.2) is 60.8 Å². The van der Waals surface area contributed by atoms with Crippen molar-refractivity contribution >= 4 is 23.0 Å². The summed E-state index contributed by atoms with van der Waals surface area (Å²) in [5.41, 5.74) is 1.02. The minimum atomic E-state index is -0.958. The van der Waals surface area contributed by atoms with Crippen LogP contribution in [0.1, 0.15) is 23.2 Å². The van der Waals surface area contributed by atoms with E-state index in [1.54, 1.807) is 35.4 Å². The van der Waals surface area contributed by atoms with E-state index in [0.717, 1.165) is 23.7 Å². The number of pyridine rings is 1. The molecule has 0 unspecified atom stereocenters. The highest BCUT2D eigenvalue weighted by molar-refractivity contribution is 5.87. The normalized spacial score (nSPS) is 14.5. The number of piperidine rings is 1. The minimum Gasteiger partial charge on any atom is -0.493 e. The van der Waals surface area contributed by atoms with Crippen molar-refractivity contribution in [1.82, 2.24) is 9.88 Å². The number of aromatic carboxylic acids is 1. The van der Waals surface area contributed by atoms with Gasteiger partial charge in [0, 0.05) is 30.7 Å². The number of likely N-dealkylation sites (tertiary alicyclic amines) is 1. The predicted molar refractivity (Wildman–Crippen MR) is 111 cm³/mol. The zero-order valence-electron chi connectivity index (χ0n) is 16.4. The van der Waals surface area contributed by atoms with Gasteiger partial charge in [0.25, 0.3) is 0 Å². The van der Waals surface area contributed by atoms with Crippen LogP contribution in [0.3, 0.4) is 0 Å². The summed E-state index contributed by atoms with van der Waals surface area (Å²) in [5, 5.41) is 9.93. The van der Waals surface area contributed by atoms with Gasteiger partial charge in [0.15, 0.2) is 0 Å². The number of hydrogen-bond acceptors (Lipinski definition) is 5. The SMILES string of the molecule is O=C(O)c1ccc(OCC2CCN(C(=O)Oc3ccc4cccnc4c3)CC2)cc1. The summed E-state index contributed by atoms with van der Waals surface area (Å²) in [6.07, 6.45) is 3.00. The van der Waals surface area contributed by atoms with Gasteiger partial charge in [-0.2, -0.15) is 0 Å². The second-order valence-electron chi connectivity index (χ2n) is 7.30. The van der Waals surface area contributed by atoms with Crippen LogP contribution in [0.5, 0.6) is 11.5 Å². The van der Waals surface area contributed by atoms with E-state index in [4.69, 9.17) is 14.6 Å². The van der Waals surface area contributed by atoms with Crippen molar-refractivity contribution in [3.05, 3.63) is 66.4 Å². The first-order valence-electron chi connectivity index (χ1n) is 9.86. The fourth-order valence-corrected chi connectivity index (χ4v) is 3.47. The maximum Gasteiger partial charge on any atom is 0.415 e. The molecule has 1 fully saturated rings. The molecule has 7 nitrogen and oxygen atoms in total. The highest BCUT2D eigenvalue weighted by Gasteiger charge is 2.24. The largest absolute Gasteiger partial charge is 0.493 e. The summed E-state index contributed by atoms with van der Waals surface area (Å²) in [7, 11) is 0. The average Bonchev–Trinajstić information content (AvgIpc) is 2.78. The minimum absolute atomic E-state index is 0.233. The fraction of sp³-hybridized carbons (Fsp3) is 0.261. The van der Waals surface area contributed by atoms with Gasteiger partial charge in [-0.25, -0.2) is 9.59 Å². The second kappa shape index (κ2) is 8.82. The van der Waals surface area contributed by atoms with E-state index in [-0.39, 0.29) is 11.7 Å². The number of carbonyl (C=O) groups is 2. The summed E-state index contributed by atoms with van der Waals surface area (Å²) in [6.45, 7) is 1.75. The smallest absolute Gasteiger partial charge is 0.415 e. The van der Waals surface area contributed by atoms with Crippen molar-refractivity contribution in [2.45, 2.75) is 12.8 Å². The predicted octanol–water partition coefficient (Wildman–Crippen LogP) is 4.22. The number of ether oxygens (including phenoxy) is 2. The molecule has 2 heterocycles. The number of carboxylic acids is 1. The van der Waals surface area contributed by atoms with Gasteiger partial charge in [0.05, 0.1) is 17.7 Å². The van der Waals surface area contributed by atoms with Crippen LogP contribution in [0.4, 0.5) is 4.79 Å². The summed E-state index contributed by atoms with van der Waals surface area (Å²) in [5.74, 6) is 0.507. The molecule has 0 spiro atoms. The van der Waals surface area contributed by atoms with Crippen LogP contribution in [0.25, 0.3) is 10.9 Å². The third-order valence-corrected chi connectivity index (χ3v) is 5.24. The summed E-state index contributed by atoms with van der Waals surface area (Å²) in [4.78, 5) is 29.4. The molecule has 0 bridgehead atoms. The Morgan fingerprint density at radius 3 is 2.50 bits per heavy atom. The van der Waals surface area contributed by atoms with Crippen LogP contribution in [0.2, 0.25) is 0 Å². The van der Waals surface area contributed by atoms with Gasteiger partial charge in [-0.15, -0.1) is 0 Å². The Balaban J connectivity index is 1.25. The molecule has 3 aromatic rings. The van der Waals surface area contributed by atoms with Gasteiger partial charge < -0.3 is 19.5 Å². The number of rotatable bonds is 5. The molecular formula is C23H22N2O5. The molecule has 4 rings (SSSR count). The summed E-state index contributed by atoms with van der Waals surface area (Å²) < 4.78 is 11.3. The molecule has 30 heavy (non-hydrogen) atoms. The van der Waals surface area contributed by atoms with E-state index in [1.807, 2.05) is 18.2 Å². The first-order valence-corrected chi connectivity index (χ1v) is 9.86. The quantitative estimate of drug-likeness (QED) is 0.682. The molecule has 7 heteroatoms. The van der Waals surface area contributed by atoms with E-state index in [2.05, 4.69) is 4.98 Å². The molecule has 1 aromatic heterocycles. The van der Waals surface area contributed by atoms with Gasteiger partial charge in [0.1, 0.15) is 11.5 Å². The Morgan fingerprint density at radius 1 is 1.03 bits per heavy atom. The molecule has 0 saturated carbocycles. The van der Waals surface area contributed by atoms with Crippen molar-refractivity contribution in [3.8, 4) is 11.5 Å². The van der Waals surface area contributed by atoms with Crippen LogP contribution < -0.4 is 9.47 Å². The van der Waals surface area contributed by atoms with Crippen molar-refractivity contribution in [3.63, 3.8) is 0 Å². The zero-order valence-corrected chi connectivity index (χ0v) is 16.4.